The van der Waals surface area contributed by atoms with Gasteiger partial charge in [0.05, 0.1) is 17.5 Å². The fourth-order valence-corrected chi connectivity index (χ4v) is 11.3. The van der Waals surface area contributed by atoms with Crippen LogP contribution in [0.25, 0.3) is 0 Å². The molecule has 0 radical (unpaired) electrons. The summed E-state index contributed by atoms with van der Waals surface area (Å²) in [4.78, 5) is 31.2. The van der Waals surface area contributed by atoms with E-state index in [9.17, 15) is 18.0 Å². The van der Waals surface area contributed by atoms with E-state index in [0.717, 1.165) is 63.2 Å². The third kappa shape index (κ3) is 9.16. The van der Waals surface area contributed by atoms with Crippen molar-refractivity contribution < 1.29 is 32.2 Å². The van der Waals surface area contributed by atoms with Crippen LogP contribution in [0.1, 0.15) is 80.8 Å². The normalized spacial score (nSPS) is 31.0. The second kappa shape index (κ2) is 18.3. The number of sulfonamides is 1. The molecule has 7 rings (SSSR count). The highest BCUT2D eigenvalue weighted by Gasteiger charge is 2.49. The summed E-state index contributed by atoms with van der Waals surface area (Å²) in [5.41, 5.74) is 1.97. The maximum absolute atomic E-state index is 13.7. The lowest BCUT2D eigenvalue weighted by molar-refractivity contribution is -0.135. The number of hydrogen-bond acceptors (Lipinski definition) is 10. The number of ether oxygens (including phenoxy) is 3. The van der Waals surface area contributed by atoms with E-state index in [1.165, 1.54) is 31.3 Å². The van der Waals surface area contributed by atoms with Crippen LogP contribution >= 0.6 is 11.6 Å². The third-order valence-electron chi connectivity index (χ3n) is 12.9. The van der Waals surface area contributed by atoms with Gasteiger partial charge in [0.1, 0.15) is 11.4 Å². The van der Waals surface area contributed by atoms with Gasteiger partial charge in [-0.3, -0.25) is 14.5 Å². The summed E-state index contributed by atoms with van der Waals surface area (Å²) in [6.45, 7) is 13.0. The average molecular weight is 814 g/mol. The molecule has 0 aromatic heterocycles. The van der Waals surface area contributed by atoms with Gasteiger partial charge in [-0.1, -0.05) is 30.7 Å². The van der Waals surface area contributed by atoms with Gasteiger partial charge in [0, 0.05) is 88.1 Å². The smallest absolute Gasteiger partial charge is 0.264 e. The summed E-state index contributed by atoms with van der Waals surface area (Å²) >= 11 is 6.42. The highest BCUT2D eigenvalue weighted by molar-refractivity contribution is 7.90. The summed E-state index contributed by atoms with van der Waals surface area (Å²) in [6.07, 6.45) is 9.78. The second-order valence-corrected chi connectivity index (χ2v) is 19.0. The van der Waals surface area contributed by atoms with Crippen molar-refractivity contribution in [1.29, 1.82) is 0 Å². The lowest BCUT2D eigenvalue weighted by atomic mass is 9.64. The van der Waals surface area contributed by atoms with Crippen LogP contribution in [0.2, 0.25) is 5.02 Å². The van der Waals surface area contributed by atoms with Crippen molar-refractivity contribution >= 4 is 39.5 Å². The highest BCUT2D eigenvalue weighted by atomic mass is 35.5. The fourth-order valence-electron chi connectivity index (χ4n) is 9.50. The molecule has 2 bridgehead atoms. The van der Waals surface area contributed by atoms with Crippen molar-refractivity contribution in [3.63, 3.8) is 0 Å². The minimum absolute atomic E-state index is 0.0648. The Balaban J connectivity index is 0.000000520. The number of amides is 1. The van der Waals surface area contributed by atoms with Crippen molar-refractivity contribution in [2.24, 2.45) is 17.8 Å². The lowest BCUT2D eigenvalue weighted by Crippen LogP contribution is -2.53. The topological polar surface area (TPSA) is 127 Å². The Kier molecular flexibility index (Phi) is 13.9. The average Bonchev–Trinajstić information content (AvgIpc) is 3.32. The molecule has 3 heterocycles. The van der Waals surface area contributed by atoms with E-state index in [4.69, 9.17) is 25.8 Å². The lowest BCUT2D eigenvalue weighted by Gasteiger charge is -2.48. The number of aldehydes is 1. The number of fused-ring (bicyclic) bond motifs is 4. The van der Waals surface area contributed by atoms with Gasteiger partial charge in [-0.15, -0.1) is 0 Å². The Bertz CT molecular complexity index is 1840. The van der Waals surface area contributed by atoms with Crippen LogP contribution in [0.15, 0.2) is 48.6 Å². The van der Waals surface area contributed by atoms with E-state index in [-0.39, 0.29) is 41.8 Å². The molecule has 1 saturated heterocycles. The first-order valence-electron chi connectivity index (χ1n) is 20.3. The monoisotopic (exact) mass is 812 g/mol. The number of benzene rings is 2. The summed E-state index contributed by atoms with van der Waals surface area (Å²) in [6, 6.07) is 12.0. The zero-order valence-corrected chi connectivity index (χ0v) is 35.3. The molecule has 3 aliphatic heterocycles. The molecule has 2 aromatic carbocycles. The number of nitrogens with zero attached hydrogens (tertiary/aromatic N) is 2. The van der Waals surface area contributed by atoms with E-state index in [1.54, 1.807) is 25.3 Å². The summed E-state index contributed by atoms with van der Waals surface area (Å²) < 4.78 is 47.6. The first kappa shape index (κ1) is 42.6. The summed E-state index contributed by atoms with van der Waals surface area (Å²) in [5.74, 6) is -0.330. The first-order valence-corrected chi connectivity index (χ1v) is 22.3. The fraction of sp³-hybridized carbons (Fsp3) is 0.628. The van der Waals surface area contributed by atoms with Crippen molar-refractivity contribution in [2.75, 3.05) is 71.6 Å². The molecule has 2 fully saturated rings. The molecule has 1 saturated carbocycles. The predicted octanol–water partition coefficient (Wildman–Crippen LogP) is 5.78. The van der Waals surface area contributed by atoms with Crippen molar-refractivity contribution in [2.45, 2.75) is 88.0 Å². The van der Waals surface area contributed by atoms with Crippen LogP contribution in [-0.2, 0) is 36.1 Å². The van der Waals surface area contributed by atoms with Crippen molar-refractivity contribution in [3.8, 4) is 5.75 Å². The SMILES string of the molecule is CC(C)N1CCNCC1.COCC[C@@H]1[C@@H](C)C/C=C/[C@@](C=O)(OC)[C@@H]2CC[C@H]2CN2C[C@@]3(CCCc4cc(Cl)ccc43)COc3ccc(cc32)C(=O)NS1(=O)=O. The summed E-state index contributed by atoms with van der Waals surface area (Å²) in [5, 5.41) is 3.14. The Hall–Kier alpha value is -3.00. The quantitative estimate of drug-likeness (QED) is 0.274. The number of carbonyl (C=O) groups excluding carboxylic acids is 2. The molecular weight excluding hydrogens is 752 g/mol. The molecule has 2 N–H and O–H groups in total. The van der Waals surface area contributed by atoms with Crippen LogP contribution in [0.3, 0.4) is 0 Å². The van der Waals surface area contributed by atoms with Gasteiger partial charge in [0.15, 0.2) is 6.29 Å². The minimum Gasteiger partial charge on any atom is -0.490 e. The van der Waals surface area contributed by atoms with Gasteiger partial charge in [0.2, 0.25) is 10.0 Å². The molecular formula is C43H61ClN4O7S. The Morgan fingerprint density at radius 1 is 1.11 bits per heavy atom. The third-order valence-corrected chi connectivity index (χ3v) is 15.1. The molecule has 1 spiro atoms. The number of aryl methyl sites for hydroxylation is 1. The second-order valence-electron chi connectivity index (χ2n) is 16.7. The maximum atomic E-state index is 13.7. The Morgan fingerprint density at radius 2 is 1.89 bits per heavy atom. The first-order chi connectivity index (χ1) is 26.8. The van der Waals surface area contributed by atoms with E-state index < -0.39 is 26.8 Å². The number of halogens is 1. The van der Waals surface area contributed by atoms with E-state index in [2.05, 4.69) is 45.8 Å². The Labute approximate surface area is 338 Å². The van der Waals surface area contributed by atoms with Crippen molar-refractivity contribution in [1.82, 2.24) is 14.9 Å². The number of piperazine rings is 1. The number of anilines is 1. The zero-order chi connectivity index (χ0) is 40.1. The van der Waals surface area contributed by atoms with Gasteiger partial charge in [-0.05, 0) is 118 Å². The summed E-state index contributed by atoms with van der Waals surface area (Å²) in [7, 11) is -1.00. The molecule has 11 nitrogen and oxygen atoms in total. The minimum atomic E-state index is -4.09. The molecule has 0 unspecified atom stereocenters. The van der Waals surface area contributed by atoms with E-state index in [1.807, 2.05) is 25.1 Å². The van der Waals surface area contributed by atoms with Crippen LogP contribution < -0.4 is 19.7 Å². The maximum Gasteiger partial charge on any atom is 0.264 e. The molecule has 1 amide bonds. The number of rotatable bonds is 6. The number of carbonyl (C=O) groups is 2. The van der Waals surface area contributed by atoms with E-state index in [0.29, 0.717) is 36.9 Å². The van der Waals surface area contributed by atoms with Gasteiger partial charge < -0.3 is 24.4 Å². The van der Waals surface area contributed by atoms with Crippen LogP contribution in [-0.4, -0.2) is 109 Å². The van der Waals surface area contributed by atoms with Gasteiger partial charge >= 0.3 is 0 Å². The highest BCUT2D eigenvalue weighted by Crippen LogP contribution is 2.48. The molecule has 2 aromatic rings. The number of allylic oxidation sites excluding steroid dienone is 1. The van der Waals surface area contributed by atoms with Crippen LogP contribution in [0.4, 0.5) is 5.69 Å². The van der Waals surface area contributed by atoms with Gasteiger partial charge in [-0.2, -0.15) is 0 Å². The van der Waals surface area contributed by atoms with Crippen LogP contribution in [0, 0.1) is 17.8 Å². The number of methoxy groups -OCH3 is 2. The largest absolute Gasteiger partial charge is 0.490 e. The van der Waals surface area contributed by atoms with E-state index >= 15 is 0 Å². The molecule has 2 aliphatic carbocycles. The molecule has 5 aliphatic rings. The molecule has 308 valence electrons. The Morgan fingerprint density at radius 3 is 2.55 bits per heavy atom. The zero-order valence-electron chi connectivity index (χ0n) is 33.7. The molecule has 6 atom stereocenters. The number of hydrogen-bond donors (Lipinski definition) is 2. The number of nitrogens with one attached hydrogen (secondary N) is 2. The predicted molar refractivity (Wildman–Crippen MR) is 221 cm³/mol. The molecule has 56 heavy (non-hydrogen) atoms. The van der Waals surface area contributed by atoms with Gasteiger partial charge in [-0.25, -0.2) is 13.1 Å². The standard InChI is InChI=1S/C36H45ClN2O7S.C7H16N2/c1-24-6-4-16-36(22-40,45-3)30-11-8-27(30)20-39-21-35(15-5-7-25-18-28(37)10-12-29(25)35)23-46-32-13-9-26(19-31(32)39)34(41)38-47(42,43)33(24)14-17-44-2;1-7(2)9-5-3-8-4-6-9/h4,9-10,12-13,16,18-19,22,24,27,30,33H,5-8,11,14-15,17,20-21,23H2,1-3H3,(H,38,41);7-8H,3-6H2,1-2H3/b16-4+;/t24-,27-,30+,33+,35-,36-;/m0./s1. The van der Waals surface area contributed by atoms with Crippen molar-refractivity contribution in [3.05, 3.63) is 70.3 Å². The van der Waals surface area contributed by atoms with Gasteiger partial charge in [0.25, 0.3) is 5.91 Å². The molecule has 13 heteroatoms. The van der Waals surface area contributed by atoms with Crippen LogP contribution in [0.5, 0.6) is 5.75 Å².